The predicted molar refractivity (Wildman–Crippen MR) is 82.6 cm³/mol. The van der Waals surface area contributed by atoms with Crippen molar-refractivity contribution in [3.63, 3.8) is 0 Å². The molecular formula is C17H20F2N2O. The molecule has 3 rings (SSSR count). The molecule has 1 aliphatic rings. The van der Waals surface area contributed by atoms with Crippen LogP contribution in [0.1, 0.15) is 62.8 Å². The molecule has 0 amide bonds. The number of alkyl halides is 2. The molecule has 1 atom stereocenters. The van der Waals surface area contributed by atoms with Gasteiger partial charge in [0.05, 0.1) is 10.9 Å². The van der Waals surface area contributed by atoms with Crippen molar-refractivity contribution in [2.75, 3.05) is 0 Å². The summed E-state index contributed by atoms with van der Waals surface area (Å²) in [7, 11) is 0. The molecule has 118 valence electrons. The fourth-order valence-corrected chi connectivity index (χ4v) is 3.13. The van der Waals surface area contributed by atoms with Crippen molar-refractivity contribution < 1.29 is 8.78 Å². The standard InChI is InChI=1S/C17H20F2N2O/c1-10(2)11-5-6-14-13(8-11)16(22)21-15(20-14)12-4-3-7-17(18,19)9-12/h5-6,8,10,12H,3-4,7,9H2,1-2H3,(H,20,21,22)/t12-/m1/s1. The summed E-state index contributed by atoms with van der Waals surface area (Å²) in [5.41, 5.74) is 1.41. The molecule has 0 spiro atoms. The fourth-order valence-electron chi connectivity index (χ4n) is 3.13. The van der Waals surface area contributed by atoms with Gasteiger partial charge in [-0.2, -0.15) is 0 Å². The van der Waals surface area contributed by atoms with E-state index in [4.69, 9.17) is 0 Å². The molecule has 0 aliphatic heterocycles. The molecule has 1 fully saturated rings. The average molecular weight is 306 g/mol. The van der Waals surface area contributed by atoms with Crippen LogP contribution >= 0.6 is 0 Å². The second-order valence-corrected chi connectivity index (χ2v) is 6.53. The molecule has 2 aromatic rings. The van der Waals surface area contributed by atoms with E-state index in [-0.39, 0.29) is 24.3 Å². The van der Waals surface area contributed by atoms with Gasteiger partial charge in [0.15, 0.2) is 0 Å². The number of rotatable bonds is 2. The maximum absolute atomic E-state index is 13.6. The predicted octanol–water partition coefficient (Wildman–Crippen LogP) is 4.34. The first kappa shape index (κ1) is 15.1. The number of hydrogen-bond acceptors (Lipinski definition) is 2. The Bertz CT molecular complexity index is 752. The molecule has 1 saturated carbocycles. The van der Waals surface area contributed by atoms with Gasteiger partial charge in [0.25, 0.3) is 5.56 Å². The Morgan fingerprint density at radius 3 is 2.82 bits per heavy atom. The number of hydrogen-bond donors (Lipinski definition) is 1. The Kier molecular flexibility index (Phi) is 3.75. The Morgan fingerprint density at radius 2 is 2.14 bits per heavy atom. The van der Waals surface area contributed by atoms with Crippen LogP contribution in [0.5, 0.6) is 0 Å². The number of benzene rings is 1. The van der Waals surface area contributed by atoms with Crippen LogP contribution < -0.4 is 5.56 Å². The van der Waals surface area contributed by atoms with E-state index in [9.17, 15) is 13.6 Å². The smallest absolute Gasteiger partial charge is 0.258 e. The first-order chi connectivity index (χ1) is 10.4. The van der Waals surface area contributed by atoms with Crippen LogP contribution in [0.25, 0.3) is 10.9 Å². The van der Waals surface area contributed by atoms with Gasteiger partial charge in [-0.3, -0.25) is 4.79 Å². The van der Waals surface area contributed by atoms with Gasteiger partial charge in [-0.15, -0.1) is 0 Å². The Morgan fingerprint density at radius 1 is 1.36 bits per heavy atom. The van der Waals surface area contributed by atoms with Crippen LogP contribution in [0.4, 0.5) is 8.78 Å². The van der Waals surface area contributed by atoms with Crippen molar-refractivity contribution in [1.29, 1.82) is 0 Å². The maximum Gasteiger partial charge on any atom is 0.258 e. The van der Waals surface area contributed by atoms with E-state index in [1.807, 2.05) is 18.2 Å². The molecule has 1 N–H and O–H groups in total. The van der Waals surface area contributed by atoms with E-state index in [0.717, 1.165) is 5.56 Å². The molecule has 1 aromatic carbocycles. The molecular weight excluding hydrogens is 286 g/mol. The fraction of sp³-hybridized carbons (Fsp3) is 0.529. The summed E-state index contributed by atoms with van der Waals surface area (Å²) in [4.78, 5) is 19.5. The molecule has 1 aromatic heterocycles. The molecule has 0 radical (unpaired) electrons. The van der Waals surface area contributed by atoms with Crippen LogP contribution in [0.2, 0.25) is 0 Å². The van der Waals surface area contributed by atoms with Gasteiger partial charge in [0.1, 0.15) is 5.82 Å². The molecule has 3 nitrogen and oxygen atoms in total. The molecule has 0 bridgehead atoms. The van der Waals surface area contributed by atoms with Crippen molar-refractivity contribution in [1.82, 2.24) is 9.97 Å². The van der Waals surface area contributed by atoms with Crippen molar-refractivity contribution in [2.45, 2.75) is 57.3 Å². The van der Waals surface area contributed by atoms with Gasteiger partial charge in [0, 0.05) is 18.8 Å². The molecule has 0 unspecified atom stereocenters. The summed E-state index contributed by atoms with van der Waals surface area (Å²) in [6.07, 6.45) is 0.810. The first-order valence-electron chi connectivity index (χ1n) is 7.77. The minimum atomic E-state index is -2.65. The number of nitrogens with one attached hydrogen (secondary N) is 1. The van der Waals surface area contributed by atoms with Crippen molar-refractivity contribution >= 4 is 10.9 Å². The summed E-state index contributed by atoms with van der Waals surface area (Å²) in [6, 6.07) is 5.59. The lowest BCUT2D eigenvalue weighted by Gasteiger charge is -2.28. The topological polar surface area (TPSA) is 45.8 Å². The van der Waals surface area contributed by atoms with E-state index < -0.39 is 5.92 Å². The third-order valence-electron chi connectivity index (χ3n) is 4.44. The minimum absolute atomic E-state index is 0.0704. The number of nitrogens with zero attached hydrogens (tertiary/aromatic N) is 1. The average Bonchev–Trinajstić information content (AvgIpc) is 2.45. The molecule has 5 heteroatoms. The summed E-state index contributed by atoms with van der Waals surface area (Å²) >= 11 is 0. The highest BCUT2D eigenvalue weighted by Crippen LogP contribution is 2.40. The summed E-state index contributed by atoms with van der Waals surface area (Å²) in [6.45, 7) is 4.11. The summed E-state index contributed by atoms with van der Waals surface area (Å²) in [5, 5.41) is 0.525. The maximum atomic E-state index is 13.6. The van der Waals surface area contributed by atoms with Gasteiger partial charge < -0.3 is 4.98 Å². The van der Waals surface area contributed by atoms with Crippen LogP contribution in [-0.2, 0) is 0 Å². The highest BCUT2D eigenvalue weighted by Gasteiger charge is 2.37. The van der Waals surface area contributed by atoms with Gasteiger partial charge in [0.2, 0.25) is 5.92 Å². The van der Waals surface area contributed by atoms with E-state index in [0.29, 0.717) is 35.5 Å². The minimum Gasteiger partial charge on any atom is -0.310 e. The quantitative estimate of drug-likeness (QED) is 0.897. The molecule has 1 heterocycles. The largest absolute Gasteiger partial charge is 0.310 e. The number of fused-ring (bicyclic) bond motifs is 1. The van der Waals surface area contributed by atoms with Crippen molar-refractivity contribution in [2.24, 2.45) is 0 Å². The van der Waals surface area contributed by atoms with E-state index in [1.54, 1.807) is 0 Å². The van der Waals surface area contributed by atoms with E-state index in [1.165, 1.54) is 0 Å². The van der Waals surface area contributed by atoms with Crippen molar-refractivity contribution in [3.8, 4) is 0 Å². The Balaban J connectivity index is 2.02. The molecule has 0 saturated heterocycles. The van der Waals surface area contributed by atoms with Crippen LogP contribution in [0.15, 0.2) is 23.0 Å². The van der Waals surface area contributed by atoms with Crippen LogP contribution in [-0.4, -0.2) is 15.9 Å². The van der Waals surface area contributed by atoms with Gasteiger partial charge in [-0.05, 0) is 36.5 Å². The summed E-state index contributed by atoms with van der Waals surface area (Å²) < 4.78 is 27.2. The zero-order valence-electron chi connectivity index (χ0n) is 12.8. The zero-order valence-corrected chi connectivity index (χ0v) is 12.8. The first-order valence-corrected chi connectivity index (χ1v) is 7.77. The lowest BCUT2D eigenvalue weighted by atomic mass is 9.86. The number of aromatic amines is 1. The Hall–Kier alpha value is -1.78. The third kappa shape index (κ3) is 2.89. The second kappa shape index (κ2) is 5.45. The lowest BCUT2D eigenvalue weighted by Crippen LogP contribution is -2.27. The van der Waals surface area contributed by atoms with Gasteiger partial charge in [-0.1, -0.05) is 19.9 Å². The SMILES string of the molecule is CC(C)c1ccc2nc([C@@H]3CCCC(F)(F)C3)[nH]c(=O)c2c1. The van der Waals surface area contributed by atoms with E-state index >= 15 is 0 Å². The monoisotopic (exact) mass is 306 g/mol. The normalized spacial score (nSPS) is 21.4. The highest BCUT2D eigenvalue weighted by molar-refractivity contribution is 5.78. The van der Waals surface area contributed by atoms with Gasteiger partial charge in [-0.25, -0.2) is 13.8 Å². The lowest BCUT2D eigenvalue weighted by molar-refractivity contribution is -0.0417. The van der Waals surface area contributed by atoms with Crippen molar-refractivity contribution in [3.05, 3.63) is 39.9 Å². The second-order valence-electron chi connectivity index (χ2n) is 6.53. The molecule has 1 aliphatic carbocycles. The van der Waals surface area contributed by atoms with Crippen LogP contribution in [0.3, 0.4) is 0 Å². The van der Waals surface area contributed by atoms with E-state index in [2.05, 4.69) is 23.8 Å². The highest BCUT2D eigenvalue weighted by atomic mass is 19.3. The Labute approximate surface area is 127 Å². The third-order valence-corrected chi connectivity index (χ3v) is 4.44. The molecule has 22 heavy (non-hydrogen) atoms. The number of H-pyrrole nitrogens is 1. The summed E-state index contributed by atoms with van der Waals surface area (Å²) in [5.74, 6) is -2.31. The zero-order chi connectivity index (χ0) is 15.9. The number of aromatic nitrogens is 2. The van der Waals surface area contributed by atoms with Crippen LogP contribution in [0, 0.1) is 0 Å². The van der Waals surface area contributed by atoms with Gasteiger partial charge >= 0.3 is 0 Å². The number of halogens is 2.